The number of ether oxygens (including phenoxy) is 1. The number of hydrogen-bond donors (Lipinski definition) is 0. The average Bonchev–Trinajstić information content (AvgIpc) is 2.90. The minimum absolute atomic E-state index is 0.254. The summed E-state index contributed by atoms with van der Waals surface area (Å²) < 4.78 is 6.68. The largest absolute Gasteiger partial charge is 0.469 e. The summed E-state index contributed by atoms with van der Waals surface area (Å²) in [6, 6.07) is 7.85. The molecule has 2 aromatic heterocycles. The van der Waals surface area contributed by atoms with Crippen LogP contribution in [0.4, 0.5) is 0 Å². The number of nitrogens with zero attached hydrogens (tertiary/aromatic N) is 3. The van der Waals surface area contributed by atoms with Gasteiger partial charge in [-0.2, -0.15) is 0 Å². The molecule has 0 aliphatic heterocycles. The molecule has 6 heteroatoms. The number of alkyl halides is 1. The van der Waals surface area contributed by atoms with Gasteiger partial charge in [0, 0.05) is 11.9 Å². The molecule has 0 spiro atoms. The average molecular weight is 304 g/mol. The Kier molecular flexibility index (Phi) is 3.75. The summed E-state index contributed by atoms with van der Waals surface area (Å²) in [5, 5.41) is 1.00. The number of benzene rings is 1. The summed E-state index contributed by atoms with van der Waals surface area (Å²) >= 11 is 5.98. The van der Waals surface area contributed by atoms with E-state index in [0.29, 0.717) is 6.54 Å². The van der Waals surface area contributed by atoms with E-state index < -0.39 is 0 Å². The first-order chi connectivity index (χ1) is 10.2. The van der Waals surface area contributed by atoms with E-state index >= 15 is 0 Å². The van der Waals surface area contributed by atoms with E-state index in [1.165, 1.54) is 7.11 Å². The van der Waals surface area contributed by atoms with Gasteiger partial charge < -0.3 is 9.30 Å². The first kappa shape index (κ1) is 13.8. The third-order valence-corrected chi connectivity index (χ3v) is 3.68. The van der Waals surface area contributed by atoms with Crippen LogP contribution in [0.5, 0.6) is 0 Å². The molecule has 3 rings (SSSR count). The molecule has 0 saturated carbocycles. The lowest BCUT2D eigenvalue weighted by Crippen LogP contribution is -2.09. The minimum Gasteiger partial charge on any atom is -0.469 e. The first-order valence-electron chi connectivity index (χ1n) is 6.60. The fourth-order valence-corrected chi connectivity index (χ4v) is 2.66. The molecule has 2 heterocycles. The van der Waals surface area contributed by atoms with Crippen LogP contribution in [0.3, 0.4) is 0 Å². The molecule has 0 aliphatic rings. The topological polar surface area (TPSA) is 57.0 Å². The van der Waals surface area contributed by atoms with Crippen molar-refractivity contribution in [2.45, 2.75) is 18.8 Å². The van der Waals surface area contributed by atoms with Gasteiger partial charge in [-0.05, 0) is 6.07 Å². The Labute approximate surface area is 126 Å². The van der Waals surface area contributed by atoms with Gasteiger partial charge in [-0.3, -0.25) is 9.78 Å². The predicted molar refractivity (Wildman–Crippen MR) is 81.2 cm³/mol. The second kappa shape index (κ2) is 5.69. The Bertz CT molecular complexity index is 813. The number of carbonyl (C=O) groups excluding carboxylic acids is 1. The van der Waals surface area contributed by atoms with Crippen molar-refractivity contribution < 1.29 is 9.53 Å². The Hall–Kier alpha value is -2.14. The maximum Gasteiger partial charge on any atom is 0.307 e. The van der Waals surface area contributed by atoms with Gasteiger partial charge in [0.25, 0.3) is 0 Å². The number of methoxy groups -OCH3 is 1. The van der Waals surface area contributed by atoms with Gasteiger partial charge in [0.05, 0.1) is 36.6 Å². The number of hydrogen-bond acceptors (Lipinski definition) is 4. The molecular formula is C15H14ClN3O2. The molecule has 21 heavy (non-hydrogen) atoms. The lowest BCUT2D eigenvalue weighted by atomic mass is 10.2. The highest BCUT2D eigenvalue weighted by Crippen LogP contribution is 2.25. The Morgan fingerprint density at radius 1 is 1.33 bits per heavy atom. The van der Waals surface area contributed by atoms with E-state index in [4.69, 9.17) is 16.3 Å². The van der Waals surface area contributed by atoms with Crippen molar-refractivity contribution in [1.82, 2.24) is 14.5 Å². The molecular weight excluding hydrogens is 290 g/mol. The van der Waals surface area contributed by atoms with Crippen molar-refractivity contribution in [2.24, 2.45) is 0 Å². The SMILES string of the molecule is COC(=O)CCn1c(CCl)nc2cnc3ccccc3c21. The molecule has 0 radical (unpaired) electrons. The number of para-hydroxylation sites is 1. The smallest absolute Gasteiger partial charge is 0.307 e. The normalized spacial score (nSPS) is 11.1. The molecule has 0 atom stereocenters. The number of rotatable bonds is 4. The van der Waals surface area contributed by atoms with Crippen molar-refractivity contribution in [3.8, 4) is 0 Å². The lowest BCUT2D eigenvalue weighted by Gasteiger charge is -2.08. The van der Waals surface area contributed by atoms with Crippen molar-refractivity contribution in [3.63, 3.8) is 0 Å². The zero-order valence-electron chi connectivity index (χ0n) is 11.5. The summed E-state index contributed by atoms with van der Waals surface area (Å²) in [5.41, 5.74) is 2.64. The highest BCUT2D eigenvalue weighted by atomic mass is 35.5. The molecule has 0 bridgehead atoms. The number of esters is 1. The molecule has 1 aromatic carbocycles. The zero-order chi connectivity index (χ0) is 14.8. The second-order valence-electron chi connectivity index (χ2n) is 4.65. The second-order valence-corrected chi connectivity index (χ2v) is 4.92. The Morgan fingerprint density at radius 3 is 2.90 bits per heavy atom. The number of halogens is 1. The molecule has 0 N–H and O–H groups in total. The number of pyridine rings is 1. The number of aryl methyl sites for hydroxylation is 1. The monoisotopic (exact) mass is 303 g/mol. The van der Waals surface area contributed by atoms with Crippen LogP contribution in [0.25, 0.3) is 21.9 Å². The third kappa shape index (κ3) is 2.45. The number of fused-ring (bicyclic) bond motifs is 3. The van der Waals surface area contributed by atoms with Crippen LogP contribution in [0, 0.1) is 0 Å². The van der Waals surface area contributed by atoms with Crippen molar-refractivity contribution in [2.75, 3.05) is 7.11 Å². The van der Waals surface area contributed by atoms with Crippen LogP contribution in [0.15, 0.2) is 30.5 Å². The van der Waals surface area contributed by atoms with Crippen LogP contribution in [0.1, 0.15) is 12.2 Å². The van der Waals surface area contributed by atoms with Crippen molar-refractivity contribution >= 4 is 39.5 Å². The fraction of sp³-hybridized carbons (Fsp3) is 0.267. The summed E-state index contributed by atoms with van der Waals surface area (Å²) in [5.74, 6) is 0.758. The number of aromatic nitrogens is 3. The van der Waals surface area contributed by atoms with Crippen molar-refractivity contribution in [3.05, 3.63) is 36.3 Å². The minimum atomic E-state index is -0.254. The third-order valence-electron chi connectivity index (χ3n) is 3.45. The predicted octanol–water partition coefficient (Wildman–Crippen LogP) is 2.89. The van der Waals surface area contributed by atoms with E-state index in [0.717, 1.165) is 27.8 Å². The molecule has 0 saturated heterocycles. The molecule has 0 aliphatic carbocycles. The fourth-order valence-electron chi connectivity index (χ4n) is 2.46. The Balaban J connectivity index is 2.19. The van der Waals surface area contributed by atoms with E-state index in [2.05, 4.69) is 9.97 Å². The first-order valence-corrected chi connectivity index (χ1v) is 7.13. The van der Waals surface area contributed by atoms with Gasteiger partial charge in [-0.1, -0.05) is 18.2 Å². The maximum atomic E-state index is 11.4. The van der Waals surface area contributed by atoms with Gasteiger partial charge in [-0.15, -0.1) is 11.6 Å². The quantitative estimate of drug-likeness (QED) is 0.549. The standard InChI is InChI=1S/C15H14ClN3O2/c1-21-14(20)6-7-19-13(8-16)18-12-9-17-11-5-3-2-4-10(11)15(12)19/h2-5,9H,6-8H2,1H3. The van der Waals surface area contributed by atoms with Crippen LogP contribution >= 0.6 is 11.6 Å². The van der Waals surface area contributed by atoms with Gasteiger partial charge >= 0.3 is 5.97 Å². The Morgan fingerprint density at radius 2 is 2.14 bits per heavy atom. The molecule has 0 unspecified atom stereocenters. The highest BCUT2D eigenvalue weighted by molar-refractivity contribution is 6.17. The maximum absolute atomic E-state index is 11.4. The molecule has 3 aromatic rings. The van der Waals surface area contributed by atoms with Crippen LogP contribution in [-0.2, 0) is 22.0 Å². The molecule has 5 nitrogen and oxygen atoms in total. The summed E-state index contributed by atoms with van der Waals surface area (Å²) in [7, 11) is 1.39. The van der Waals surface area contributed by atoms with E-state index in [-0.39, 0.29) is 18.3 Å². The zero-order valence-corrected chi connectivity index (χ0v) is 12.3. The van der Waals surface area contributed by atoms with Crippen LogP contribution in [-0.4, -0.2) is 27.6 Å². The lowest BCUT2D eigenvalue weighted by molar-refractivity contribution is -0.140. The summed E-state index contributed by atoms with van der Waals surface area (Å²) in [6.45, 7) is 0.485. The van der Waals surface area contributed by atoms with Crippen LogP contribution < -0.4 is 0 Å². The van der Waals surface area contributed by atoms with Gasteiger partial charge in [0.15, 0.2) is 0 Å². The van der Waals surface area contributed by atoms with Gasteiger partial charge in [0.1, 0.15) is 11.3 Å². The number of imidazole rings is 1. The van der Waals surface area contributed by atoms with Gasteiger partial charge in [0.2, 0.25) is 0 Å². The van der Waals surface area contributed by atoms with E-state index in [9.17, 15) is 4.79 Å². The van der Waals surface area contributed by atoms with E-state index in [1.54, 1.807) is 6.20 Å². The molecule has 0 fully saturated rings. The van der Waals surface area contributed by atoms with Crippen molar-refractivity contribution in [1.29, 1.82) is 0 Å². The summed E-state index contributed by atoms with van der Waals surface area (Å²) in [6.07, 6.45) is 2.02. The molecule has 108 valence electrons. The molecule has 0 amide bonds. The van der Waals surface area contributed by atoms with Crippen LogP contribution in [0.2, 0.25) is 0 Å². The van der Waals surface area contributed by atoms with E-state index in [1.807, 2.05) is 28.8 Å². The van der Waals surface area contributed by atoms with Gasteiger partial charge in [-0.25, -0.2) is 4.98 Å². The highest BCUT2D eigenvalue weighted by Gasteiger charge is 2.14. The number of carbonyl (C=O) groups is 1. The summed E-state index contributed by atoms with van der Waals surface area (Å²) in [4.78, 5) is 20.3.